The van der Waals surface area contributed by atoms with Gasteiger partial charge in [-0.3, -0.25) is 14.4 Å². The van der Waals surface area contributed by atoms with Gasteiger partial charge in [-0.05, 0) is 38.5 Å². The van der Waals surface area contributed by atoms with E-state index in [9.17, 15) is 14.4 Å². The number of hydrogen-bond donors (Lipinski definition) is 2. The van der Waals surface area contributed by atoms with E-state index in [1.54, 1.807) is 0 Å². The Hall–Kier alpha value is -1.67. The third kappa shape index (κ3) is 21.3. The molecule has 0 heterocycles. The van der Waals surface area contributed by atoms with Crippen LogP contribution in [0.5, 0.6) is 0 Å². The van der Waals surface area contributed by atoms with Gasteiger partial charge in [-0.25, -0.2) is 0 Å². The van der Waals surface area contributed by atoms with Crippen LogP contribution in [0.1, 0.15) is 124 Å². The fourth-order valence-electron chi connectivity index (χ4n) is 4.09. The van der Waals surface area contributed by atoms with Crippen LogP contribution in [0.4, 0.5) is 0 Å². The van der Waals surface area contributed by atoms with Crippen LogP contribution in [0.15, 0.2) is 0 Å². The van der Waals surface area contributed by atoms with E-state index in [2.05, 4.69) is 6.92 Å². The molecule has 0 fully saturated rings. The summed E-state index contributed by atoms with van der Waals surface area (Å²) in [5.74, 6) is -1.34. The summed E-state index contributed by atoms with van der Waals surface area (Å²) in [5.41, 5.74) is 0. The van der Waals surface area contributed by atoms with Crippen molar-refractivity contribution in [1.29, 1.82) is 0 Å². The van der Waals surface area contributed by atoms with Crippen molar-refractivity contribution in [1.82, 2.24) is 0 Å². The van der Waals surface area contributed by atoms with Crippen LogP contribution in [0.2, 0.25) is 0 Å². The second-order valence-corrected chi connectivity index (χ2v) is 9.40. The number of esters is 3. The summed E-state index contributed by atoms with van der Waals surface area (Å²) in [5, 5.41) is 18.1. The molecule has 206 valence electrons. The predicted octanol–water partition coefficient (Wildman–Crippen LogP) is 5.01. The molecule has 2 N–H and O–H groups in total. The quantitative estimate of drug-likeness (QED) is 0.114. The lowest BCUT2D eigenvalue weighted by Gasteiger charge is -2.19. The molecule has 0 spiro atoms. The first kappa shape index (κ1) is 33.3. The van der Waals surface area contributed by atoms with Crippen molar-refractivity contribution in [2.24, 2.45) is 0 Å². The number of ether oxygens (including phenoxy) is 3. The maximum absolute atomic E-state index is 12.0. The largest absolute Gasteiger partial charge is 0.463 e. The first-order chi connectivity index (χ1) is 16.8. The number of aliphatic hydroxyl groups excluding tert-OH is 2. The van der Waals surface area contributed by atoms with Gasteiger partial charge in [0.1, 0.15) is 18.3 Å². The third-order valence-electron chi connectivity index (χ3n) is 5.95. The maximum Gasteiger partial charge on any atom is 0.309 e. The van der Waals surface area contributed by atoms with Crippen LogP contribution in [-0.2, 0) is 28.6 Å². The molecule has 0 bridgehead atoms. The van der Waals surface area contributed by atoms with Gasteiger partial charge < -0.3 is 24.4 Å². The Morgan fingerprint density at radius 3 is 1.43 bits per heavy atom. The van der Waals surface area contributed by atoms with Gasteiger partial charge in [-0.2, -0.15) is 0 Å². The summed E-state index contributed by atoms with van der Waals surface area (Å²) in [6.45, 7) is 4.03. The molecular weight excluding hydrogens is 452 g/mol. The van der Waals surface area contributed by atoms with E-state index in [0.717, 1.165) is 38.5 Å². The third-order valence-corrected chi connectivity index (χ3v) is 5.95. The Kier molecular flexibility index (Phi) is 21.7. The minimum atomic E-state index is -0.968. The molecule has 0 saturated carbocycles. The number of unbranched alkanes of at least 4 members (excludes halogenated alkanes) is 10. The van der Waals surface area contributed by atoms with Crippen LogP contribution in [-0.4, -0.2) is 59.6 Å². The highest BCUT2D eigenvalue weighted by Gasteiger charge is 2.20. The van der Waals surface area contributed by atoms with Crippen molar-refractivity contribution < 1.29 is 38.8 Å². The Bertz CT molecular complexity index is 547. The molecule has 0 aromatic carbocycles. The Labute approximate surface area is 212 Å². The average molecular weight is 503 g/mol. The normalized spacial score (nSPS) is 12.9. The van der Waals surface area contributed by atoms with Gasteiger partial charge >= 0.3 is 17.9 Å². The minimum absolute atomic E-state index is 0.0646. The summed E-state index contributed by atoms with van der Waals surface area (Å²) in [6, 6.07) is 0. The first-order valence-corrected chi connectivity index (χ1v) is 13.6. The van der Waals surface area contributed by atoms with Crippen molar-refractivity contribution >= 4 is 17.9 Å². The number of rotatable bonds is 23. The van der Waals surface area contributed by atoms with E-state index in [4.69, 9.17) is 24.4 Å². The van der Waals surface area contributed by atoms with Crippen LogP contribution >= 0.6 is 0 Å². The molecule has 2 atom stereocenters. The minimum Gasteiger partial charge on any atom is -0.463 e. The van der Waals surface area contributed by atoms with Crippen molar-refractivity contribution in [2.75, 3.05) is 13.2 Å². The fraction of sp³-hybridized carbons (Fsp3) is 0.889. The molecule has 0 unspecified atom stereocenters. The molecule has 0 aliphatic rings. The SMILES string of the molecule is CCCCCCCCCCC[C@H](CCCCC[C@H](CC(=O)OC(CO)CO)OC(C)=O)OC(C)=O. The smallest absolute Gasteiger partial charge is 0.309 e. The zero-order valence-electron chi connectivity index (χ0n) is 22.3. The predicted molar refractivity (Wildman–Crippen MR) is 135 cm³/mol. The molecule has 8 nitrogen and oxygen atoms in total. The summed E-state index contributed by atoms with van der Waals surface area (Å²) >= 11 is 0. The molecule has 0 rings (SSSR count). The lowest BCUT2D eigenvalue weighted by molar-refractivity contribution is -0.160. The lowest BCUT2D eigenvalue weighted by atomic mass is 10.0. The Morgan fingerprint density at radius 2 is 0.971 bits per heavy atom. The fourth-order valence-corrected chi connectivity index (χ4v) is 4.09. The molecule has 0 aromatic rings. The molecule has 0 radical (unpaired) electrons. The van der Waals surface area contributed by atoms with Crippen LogP contribution in [0.3, 0.4) is 0 Å². The highest BCUT2D eigenvalue weighted by atomic mass is 16.6. The second kappa shape index (κ2) is 22.8. The second-order valence-electron chi connectivity index (χ2n) is 9.40. The lowest BCUT2D eigenvalue weighted by Crippen LogP contribution is -2.29. The Balaban J connectivity index is 4.21. The van der Waals surface area contributed by atoms with E-state index < -0.39 is 37.4 Å². The van der Waals surface area contributed by atoms with E-state index in [0.29, 0.717) is 6.42 Å². The number of aliphatic hydroxyl groups is 2. The maximum atomic E-state index is 12.0. The monoisotopic (exact) mass is 502 g/mol. The summed E-state index contributed by atoms with van der Waals surface area (Å²) in [7, 11) is 0. The van der Waals surface area contributed by atoms with Gasteiger partial charge in [0.2, 0.25) is 0 Å². The zero-order valence-corrected chi connectivity index (χ0v) is 22.3. The van der Waals surface area contributed by atoms with Crippen molar-refractivity contribution in [3.8, 4) is 0 Å². The average Bonchev–Trinajstić information content (AvgIpc) is 2.80. The molecular formula is C27H50O8. The first-order valence-electron chi connectivity index (χ1n) is 13.6. The standard InChI is InChI=1S/C27H50O8/c1-4-5-6-7-8-9-10-11-13-16-24(33-22(2)30)17-14-12-15-18-25(34-23(3)31)19-27(32)35-26(20-28)21-29/h24-26,28-29H,4-21H2,1-3H3/t24-,25-/m1/s1. The molecule has 35 heavy (non-hydrogen) atoms. The van der Waals surface area contributed by atoms with Crippen molar-refractivity contribution in [2.45, 2.75) is 142 Å². The van der Waals surface area contributed by atoms with E-state index in [-0.39, 0.29) is 18.5 Å². The molecule has 0 amide bonds. The molecule has 0 aromatic heterocycles. The number of carbonyl (C=O) groups excluding carboxylic acids is 3. The van der Waals surface area contributed by atoms with Crippen molar-refractivity contribution in [3.05, 3.63) is 0 Å². The highest BCUT2D eigenvalue weighted by Crippen LogP contribution is 2.18. The van der Waals surface area contributed by atoms with Crippen LogP contribution in [0.25, 0.3) is 0 Å². The van der Waals surface area contributed by atoms with Crippen molar-refractivity contribution in [3.63, 3.8) is 0 Å². The molecule has 0 aliphatic carbocycles. The van der Waals surface area contributed by atoms with Gasteiger partial charge in [0.05, 0.1) is 19.6 Å². The topological polar surface area (TPSA) is 119 Å². The Morgan fingerprint density at radius 1 is 0.571 bits per heavy atom. The van der Waals surface area contributed by atoms with Gasteiger partial charge in [0.15, 0.2) is 0 Å². The van der Waals surface area contributed by atoms with Crippen LogP contribution in [0, 0.1) is 0 Å². The molecule has 0 aliphatic heterocycles. The van der Waals surface area contributed by atoms with E-state index in [1.165, 1.54) is 65.2 Å². The van der Waals surface area contributed by atoms with E-state index in [1.807, 2.05) is 0 Å². The highest BCUT2D eigenvalue weighted by molar-refractivity contribution is 5.71. The zero-order chi connectivity index (χ0) is 26.3. The number of hydrogen-bond acceptors (Lipinski definition) is 8. The van der Waals surface area contributed by atoms with Gasteiger partial charge in [-0.15, -0.1) is 0 Å². The van der Waals surface area contributed by atoms with Crippen LogP contribution < -0.4 is 0 Å². The summed E-state index contributed by atoms with van der Waals surface area (Å²) in [4.78, 5) is 34.8. The van der Waals surface area contributed by atoms with E-state index >= 15 is 0 Å². The summed E-state index contributed by atoms with van der Waals surface area (Å²) in [6.07, 6.45) is 14.2. The van der Waals surface area contributed by atoms with Gasteiger partial charge in [-0.1, -0.05) is 64.7 Å². The molecule has 0 saturated heterocycles. The van der Waals surface area contributed by atoms with Gasteiger partial charge in [0.25, 0.3) is 0 Å². The summed E-state index contributed by atoms with van der Waals surface area (Å²) < 4.78 is 15.7. The number of carbonyl (C=O) groups is 3. The molecule has 8 heteroatoms. The van der Waals surface area contributed by atoms with Gasteiger partial charge in [0, 0.05) is 13.8 Å².